The van der Waals surface area contributed by atoms with E-state index in [0.29, 0.717) is 43.0 Å². The van der Waals surface area contributed by atoms with Gasteiger partial charge in [0.15, 0.2) is 11.6 Å². The molecule has 0 unspecified atom stereocenters. The number of halogens is 2. The van der Waals surface area contributed by atoms with Crippen LogP contribution in [0.25, 0.3) is 0 Å². The Bertz CT molecular complexity index is 1640. The van der Waals surface area contributed by atoms with Crippen molar-refractivity contribution in [2.45, 2.75) is 10.6 Å². The lowest BCUT2D eigenvalue weighted by molar-refractivity contribution is 0.0737. The molecule has 43 heavy (non-hydrogen) atoms. The minimum atomic E-state index is -0.990. The van der Waals surface area contributed by atoms with Crippen LogP contribution in [0.1, 0.15) is 36.6 Å². The number of benzene rings is 4. The van der Waals surface area contributed by atoms with Crippen molar-refractivity contribution in [2.75, 3.05) is 31.5 Å². The molecule has 6 nitrogen and oxygen atoms in total. The van der Waals surface area contributed by atoms with E-state index >= 15 is 0 Å². The summed E-state index contributed by atoms with van der Waals surface area (Å²) in [6, 6.07) is 27.5. The fraction of sp³-hybridized carbons (Fsp3) is 0.206. The summed E-state index contributed by atoms with van der Waals surface area (Å²) >= 11 is 1.35. The molecule has 4 aromatic carbocycles. The van der Waals surface area contributed by atoms with E-state index in [-0.39, 0.29) is 46.4 Å². The minimum absolute atomic E-state index is 0.0659. The van der Waals surface area contributed by atoms with Gasteiger partial charge in [0.1, 0.15) is 0 Å². The van der Waals surface area contributed by atoms with Crippen molar-refractivity contribution < 1.29 is 23.2 Å². The first kappa shape index (κ1) is 28.6. The van der Waals surface area contributed by atoms with Gasteiger partial charge in [0.25, 0.3) is 17.7 Å². The van der Waals surface area contributed by atoms with Gasteiger partial charge >= 0.3 is 0 Å². The molecule has 1 N–H and O–H groups in total. The van der Waals surface area contributed by atoms with Crippen LogP contribution < -0.4 is 5.32 Å². The zero-order valence-corrected chi connectivity index (χ0v) is 24.0. The lowest BCUT2D eigenvalue weighted by atomic mass is 10.0. The van der Waals surface area contributed by atoms with Crippen LogP contribution >= 0.6 is 11.8 Å². The molecule has 6 rings (SSSR count). The first-order valence-electron chi connectivity index (χ1n) is 14.1. The summed E-state index contributed by atoms with van der Waals surface area (Å²) in [4.78, 5) is 43.6. The minimum Gasteiger partial charge on any atom is -0.338 e. The molecule has 2 fully saturated rings. The van der Waals surface area contributed by atoms with Gasteiger partial charge in [-0.15, -0.1) is 11.8 Å². The normalized spacial score (nSPS) is 17.5. The molecule has 0 bridgehead atoms. The summed E-state index contributed by atoms with van der Waals surface area (Å²) in [6.45, 7) is 1.91. The van der Waals surface area contributed by atoms with Crippen molar-refractivity contribution in [2.24, 2.45) is 11.8 Å². The van der Waals surface area contributed by atoms with Gasteiger partial charge in [0.05, 0.1) is 0 Å². The Morgan fingerprint density at radius 3 is 1.91 bits per heavy atom. The number of amides is 3. The van der Waals surface area contributed by atoms with Crippen LogP contribution in [0.2, 0.25) is 0 Å². The highest BCUT2D eigenvalue weighted by Gasteiger charge is 2.43. The second-order valence-corrected chi connectivity index (χ2v) is 11.9. The highest BCUT2D eigenvalue weighted by molar-refractivity contribution is 7.98. The van der Waals surface area contributed by atoms with E-state index in [9.17, 15) is 23.2 Å². The van der Waals surface area contributed by atoms with Crippen LogP contribution in [0.15, 0.2) is 102 Å². The van der Waals surface area contributed by atoms with E-state index < -0.39 is 11.6 Å². The molecule has 3 amide bonds. The Morgan fingerprint density at radius 2 is 1.28 bits per heavy atom. The molecule has 2 heterocycles. The number of carbonyl (C=O) groups excluding carboxylic acids is 3. The van der Waals surface area contributed by atoms with Crippen molar-refractivity contribution in [3.63, 3.8) is 0 Å². The van der Waals surface area contributed by atoms with Crippen molar-refractivity contribution >= 4 is 35.2 Å². The van der Waals surface area contributed by atoms with Crippen molar-refractivity contribution in [1.82, 2.24) is 9.80 Å². The average molecular weight is 598 g/mol. The maximum absolute atomic E-state index is 14.9. The van der Waals surface area contributed by atoms with Crippen LogP contribution in [-0.4, -0.2) is 53.7 Å². The molecule has 0 radical (unpaired) electrons. The number of fused-ring (bicyclic) bond motifs is 1. The predicted molar refractivity (Wildman–Crippen MR) is 162 cm³/mol. The Hall–Kier alpha value is -4.50. The summed E-state index contributed by atoms with van der Waals surface area (Å²) in [7, 11) is 0. The van der Waals surface area contributed by atoms with Crippen molar-refractivity contribution in [1.29, 1.82) is 0 Å². The number of anilines is 1. The maximum Gasteiger partial charge on any atom is 0.255 e. The number of thioether (sulfide) groups is 1. The molecule has 0 aromatic heterocycles. The first-order chi connectivity index (χ1) is 20.9. The molecule has 218 valence electrons. The molecule has 0 saturated carbocycles. The van der Waals surface area contributed by atoms with Gasteiger partial charge in [-0.25, -0.2) is 8.78 Å². The molecule has 9 heteroatoms. The quantitative estimate of drug-likeness (QED) is 0.252. The van der Waals surface area contributed by atoms with Crippen LogP contribution in [0, 0.1) is 23.5 Å². The molecule has 2 atom stereocenters. The maximum atomic E-state index is 14.9. The first-order valence-corrected chi connectivity index (χ1v) is 15.1. The predicted octanol–water partition coefficient (Wildman–Crippen LogP) is 6.35. The van der Waals surface area contributed by atoms with Gasteiger partial charge < -0.3 is 15.1 Å². The zero-order chi connectivity index (χ0) is 29.9. The third-order valence-corrected chi connectivity index (χ3v) is 9.08. The van der Waals surface area contributed by atoms with E-state index in [1.54, 1.807) is 58.3 Å². The van der Waals surface area contributed by atoms with Gasteiger partial charge in [0, 0.05) is 76.6 Å². The van der Waals surface area contributed by atoms with Crippen LogP contribution in [0.4, 0.5) is 14.5 Å². The molecular weight excluding hydrogens is 568 g/mol. The SMILES string of the molecule is O=C(Nc1ccc(C(=O)N2C[C@@H]3CN(C(=O)c4ccc(F)c(F)c4CSc4ccccc4)C[C@@H]3C2)cc1)c1ccccc1. The lowest BCUT2D eigenvalue weighted by Gasteiger charge is -2.23. The van der Waals surface area contributed by atoms with Crippen molar-refractivity contribution in [3.05, 3.63) is 131 Å². The highest BCUT2D eigenvalue weighted by Crippen LogP contribution is 2.34. The second-order valence-electron chi connectivity index (χ2n) is 10.8. The summed E-state index contributed by atoms with van der Waals surface area (Å²) in [5.74, 6) is -2.27. The van der Waals surface area contributed by atoms with Crippen molar-refractivity contribution in [3.8, 4) is 0 Å². The monoisotopic (exact) mass is 597 g/mol. The third-order valence-electron chi connectivity index (χ3n) is 8.04. The van der Waals surface area contributed by atoms with Crippen LogP contribution in [0.5, 0.6) is 0 Å². The highest BCUT2D eigenvalue weighted by atomic mass is 32.2. The molecule has 4 aromatic rings. The Kier molecular flexibility index (Phi) is 8.24. The fourth-order valence-electron chi connectivity index (χ4n) is 5.77. The fourth-order valence-corrected chi connectivity index (χ4v) is 6.72. The third kappa shape index (κ3) is 6.17. The lowest BCUT2D eigenvalue weighted by Crippen LogP contribution is -2.36. The largest absolute Gasteiger partial charge is 0.338 e. The number of nitrogens with zero attached hydrogens (tertiary/aromatic N) is 2. The van der Waals surface area contributed by atoms with Crippen LogP contribution in [-0.2, 0) is 5.75 Å². The van der Waals surface area contributed by atoms with Gasteiger partial charge in [-0.3, -0.25) is 14.4 Å². The second kappa shape index (κ2) is 12.4. The van der Waals surface area contributed by atoms with E-state index in [0.717, 1.165) is 11.0 Å². The van der Waals surface area contributed by atoms with Gasteiger partial charge in [-0.1, -0.05) is 36.4 Å². The Morgan fingerprint density at radius 1 is 0.698 bits per heavy atom. The Balaban J connectivity index is 1.07. The average Bonchev–Trinajstić information content (AvgIpc) is 3.62. The standard InChI is InChI=1S/C34H29F2N3O3S/c35-30-16-15-28(29(31(30)36)21-43-27-9-5-2-6-10-27)34(42)39-19-24-17-38(18-25(24)20-39)33(41)23-11-13-26(14-12-23)37-32(40)22-7-3-1-4-8-22/h1-16,24-25H,17-21H2,(H,37,40)/t24-,25+. The summed E-state index contributed by atoms with van der Waals surface area (Å²) in [5.41, 5.74) is 1.90. The van der Waals surface area contributed by atoms with E-state index in [2.05, 4.69) is 5.32 Å². The number of likely N-dealkylation sites (tertiary alicyclic amines) is 2. The topological polar surface area (TPSA) is 69.7 Å². The number of hydrogen-bond acceptors (Lipinski definition) is 4. The van der Waals surface area contributed by atoms with E-state index in [4.69, 9.17) is 0 Å². The zero-order valence-electron chi connectivity index (χ0n) is 23.2. The summed E-state index contributed by atoms with van der Waals surface area (Å²) in [5, 5.41) is 2.83. The smallest absolute Gasteiger partial charge is 0.255 e. The van der Waals surface area contributed by atoms with Crippen LogP contribution in [0.3, 0.4) is 0 Å². The molecule has 0 spiro atoms. The molecular formula is C34H29F2N3O3S. The van der Waals surface area contributed by atoms with Gasteiger partial charge in [-0.05, 0) is 60.7 Å². The summed E-state index contributed by atoms with van der Waals surface area (Å²) < 4.78 is 29.0. The molecule has 0 aliphatic carbocycles. The van der Waals surface area contributed by atoms with E-state index in [1.165, 1.54) is 17.8 Å². The number of carbonyl (C=O) groups is 3. The van der Waals surface area contributed by atoms with Gasteiger partial charge in [0.2, 0.25) is 0 Å². The van der Waals surface area contributed by atoms with Gasteiger partial charge in [-0.2, -0.15) is 0 Å². The van der Waals surface area contributed by atoms with E-state index in [1.807, 2.05) is 36.4 Å². The molecule has 2 aliphatic rings. The number of nitrogens with one attached hydrogen (secondary N) is 1. The molecule has 2 aliphatic heterocycles. The molecule has 2 saturated heterocycles. The summed E-state index contributed by atoms with van der Waals surface area (Å²) in [6.07, 6.45) is 0. The number of hydrogen-bond donors (Lipinski definition) is 1. The number of rotatable bonds is 7. The Labute approximate surface area is 252 Å².